The Morgan fingerprint density at radius 3 is 2.08 bits per heavy atom. The van der Waals surface area contributed by atoms with E-state index in [-0.39, 0.29) is 39.5 Å². The highest BCUT2D eigenvalue weighted by Crippen LogP contribution is 2.58. The number of aromatic hydroxyl groups is 2. The molecule has 2 aliphatic heterocycles. The van der Waals surface area contributed by atoms with Gasteiger partial charge in [0, 0.05) is 28.8 Å². The maximum absolute atomic E-state index is 14.7. The molecule has 1 spiro atoms. The second-order valence-corrected chi connectivity index (χ2v) is 8.54. The fraction of sp³-hybridized carbons (Fsp3) is 0.0370. The van der Waals surface area contributed by atoms with Crippen LogP contribution >= 0.6 is 0 Å². The third-order valence-electron chi connectivity index (χ3n) is 6.46. The molecule has 6 rings (SSSR count). The fourth-order valence-corrected chi connectivity index (χ4v) is 4.90. The van der Waals surface area contributed by atoms with Crippen molar-refractivity contribution in [3.8, 4) is 23.0 Å². The van der Waals surface area contributed by atoms with Crippen molar-refractivity contribution in [3.63, 3.8) is 0 Å². The number of ether oxygens (including phenoxy) is 2. The average molecular weight is 526 g/mol. The zero-order valence-electron chi connectivity index (χ0n) is 18.6. The highest BCUT2D eigenvalue weighted by molar-refractivity contribution is 6.12. The lowest BCUT2D eigenvalue weighted by molar-refractivity contribution is 0.0220. The van der Waals surface area contributed by atoms with E-state index >= 15 is 0 Å². The van der Waals surface area contributed by atoms with Crippen molar-refractivity contribution in [1.82, 2.24) is 0 Å². The van der Waals surface area contributed by atoms with Crippen molar-refractivity contribution in [1.29, 1.82) is 0 Å². The minimum Gasteiger partial charge on any atom is -0.508 e. The predicted molar refractivity (Wildman–Crippen MR) is 118 cm³/mol. The third-order valence-corrected chi connectivity index (χ3v) is 6.46. The van der Waals surface area contributed by atoms with E-state index in [4.69, 9.17) is 9.47 Å². The topological polar surface area (TPSA) is 93.1 Å². The first-order valence-electron chi connectivity index (χ1n) is 10.8. The second-order valence-electron chi connectivity index (χ2n) is 8.54. The van der Waals surface area contributed by atoms with Crippen molar-refractivity contribution in [2.24, 2.45) is 0 Å². The first kappa shape index (κ1) is 23.5. The Morgan fingerprint density at radius 2 is 1.37 bits per heavy atom. The Bertz CT molecular complexity index is 1720. The molecule has 0 radical (unpaired) electrons. The number of hydrogen-bond acceptors (Lipinski definition) is 6. The van der Waals surface area contributed by atoms with E-state index in [0.29, 0.717) is 0 Å². The minimum absolute atomic E-state index is 0.0535. The highest BCUT2D eigenvalue weighted by atomic mass is 19.2. The number of fused-ring (bicyclic) bond motifs is 6. The summed E-state index contributed by atoms with van der Waals surface area (Å²) in [6.45, 7) is 0. The average Bonchev–Trinajstić information content (AvgIpc) is 3.18. The predicted octanol–water partition coefficient (Wildman–Crippen LogP) is 5.59. The molecular formula is C27H11F5O6. The van der Waals surface area contributed by atoms with Crippen LogP contribution in [0.4, 0.5) is 22.0 Å². The molecule has 0 aliphatic carbocycles. The van der Waals surface area contributed by atoms with Gasteiger partial charge in [0.25, 0.3) is 0 Å². The summed E-state index contributed by atoms with van der Waals surface area (Å²) >= 11 is 0. The monoisotopic (exact) mass is 526 g/mol. The van der Waals surface area contributed by atoms with Crippen molar-refractivity contribution in [2.45, 2.75) is 5.60 Å². The van der Waals surface area contributed by atoms with Crippen LogP contribution in [0.15, 0.2) is 54.6 Å². The van der Waals surface area contributed by atoms with Crippen molar-refractivity contribution in [3.05, 3.63) is 117 Å². The van der Waals surface area contributed by atoms with E-state index in [1.165, 1.54) is 36.4 Å². The molecule has 1 unspecified atom stereocenters. The van der Waals surface area contributed by atoms with Gasteiger partial charge in [0.1, 0.15) is 28.6 Å². The molecule has 190 valence electrons. The number of carbonyl (C=O) groups excluding carboxylic acids is 2. The van der Waals surface area contributed by atoms with Gasteiger partial charge in [0.15, 0.2) is 34.7 Å². The summed E-state index contributed by atoms with van der Waals surface area (Å²) in [5.41, 5.74) is -4.59. The molecule has 0 saturated heterocycles. The molecule has 0 bridgehead atoms. The highest BCUT2D eigenvalue weighted by Gasteiger charge is 2.55. The summed E-state index contributed by atoms with van der Waals surface area (Å²) in [7, 11) is 0. The number of ketones is 1. The Labute approximate surface area is 209 Å². The first-order chi connectivity index (χ1) is 18.1. The van der Waals surface area contributed by atoms with Crippen LogP contribution in [0.2, 0.25) is 0 Å². The van der Waals surface area contributed by atoms with E-state index < -0.39 is 63.3 Å². The standard InChI is InChI=1S/C27H11F5O6/c28-20-18(21(29)23(31)24(32)22(20)30)25(35)13-7-11(34)9-17-19(13)27(15-6-5-10(33)8-16(15)37-17)14-4-2-1-3-12(14)26(36)38-27/h1-9,33-34H. The number of carbonyl (C=O) groups is 2. The van der Waals surface area contributed by atoms with Gasteiger partial charge in [0.2, 0.25) is 5.82 Å². The van der Waals surface area contributed by atoms with Gasteiger partial charge in [-0.25, -0.2) is 26.7 Å². The van der Waals surface area contributed by atoms with Crippen LogP contribution in [0.3, 0.4) is 0 Å². The molecule has 2 aliphatic rings. The molecule has 2 N–H and O–H groups in total. The Kier molecular flexibility index (Phi) is 4.81. The number of hydrogen-bond donors (Lipinski definition) is 2. The van der Waals surface area contributed by atoms with Crippen molar-refractivity contribution < 1.29 is 51.2 Å². The molecule has 0 saturated carbocycles. The summed E-state index contributed by atoms with van der Waals surface area (Å²) in [5.74, 6) is -15.8. The number of phenolic OH excluding ortho intramolecular Hbond substituents is 2. The normalized spacial score (nSPS) is 16.9. The van der Waals surface area contributed by atoms with E-state index in [1.807, 2.05) is 0 Å². The van der Waals surface area contributed by atoms with Gasteiger partial charge >= 0.3 is 5.97 Å². The smallest absolute Gasteiger partial charge is 0.340 e. The zero-order valence-corrected chi connectivity index (χ0v) is 18.6. The van der Waals surface area contributed by atoms with Crippen molar-refractivity contribution >= 4 is 11.8 Å². The Hall–Kier alpha value is -4.93. The quantitative estimate of drug-likeness (QED) is 0.116. The number of benzene rings is 4. The molecule has 4 aromatic carbocycles. The lowest BCUT2D eigenvalue weighted by Crippen LogP contribution is -2.35. The van der Waals surface area contributed by atoms with E-state index in [2.05, 4.69) is 0 Å². The Morgan fingerprint density at radius 1 is 0.737 bits per heavy atom. The van der Waals surface area contributed by atoms with Gasteiger partial charge in [-0.3, -0.25) is 4.79 Å². The van der Waals surface area contributed by atoms with Gasteiger partial charge in [-0.1, -0.05) is 18.2 Å². The Balaban J connectivity index is 1.73. The lowest BCUT2D eigenvalue weighted by Gasteiger charge is -2.37. The zero-order chi connectivity index (χ0) is 27.1. The second kappa shape index (κ2) is 7.78. The van der Waals surface area contributed by atoms with E-state index in [1.54, 1.807) is 6.07 Å². The summed E-state index contributed by atoms with van der Waals surface area (Å²) in [6, 6.07) is 11.5. The molecule has 11 heteroatoms. The van der Waals surface area contributed by atoms with Gasteiger partial charge in [-0.15, -0.1) is 0 Å². The molecule has 0 fully saturated rings. The maximum Gasteiger partial charge on any atom is 0.340 e. The van der Waals surface area contributed by atoms with E-state index in [0.717, 1.165) is 12.1 Å². The molecule has 1 atom stereocenters. The van der Waals surface area contributed by atoms with Crippen LogP contribution in [0.1, 0.15) is 43.0 Å². The van der Waals surface area contributed by atoms with Crippen LogP contribution in [0, 0.1) is 29.1 Å². The molecule has 4 aromatic rings. The van der Waals surface area contributed by atoms with Crippen LogP contribution in [-0.2, 0) is 10.3 Å². The van der Waals surface area contributed by atoms with Gasteiger partial charge < -0.3 is 19.7 Å². The van der Waals surface area contributed by atoms with E-state index in [9.17, 15) is 41.8 Å². The maximum atomic E-state index is 14.7. The molecular weight excluding hydrogens is 515 g/mol. The summed E-state index contributed by atoms with van der Waals surface area (Å²) < 4.78 is 82.6. The SMILES string of the molecule is O=C1OC2(c3ccc(O)cc3Oc3cc(O)cc(C(=O)c4c(F)c(F)c(F)c(F)c4F)c32)c2ccccc21. The largest absolute Gasteiger partial charge is 0.508 e. The first-order valence-corrected chi connectivity index (χ1v) is 10.8. The fourth-order valence-electron chi connectivity index (χ4n) is 4.90. The van der Waals surface area contributed by atoms with Crippen molar-refractivity contribution in [2.75, 3.05) is 0 Å². The lowest BCUT2D eigenvalue weighted by atomic mass is 9.74. The van der Waals surface area contributed by atoms with Crippen LogP contribution in [0.25, 0.3) is 0 Å². The number of esters is 1. The van der Waals surface area contributed by atoms with Gasteiger partial charge in [-0.2, -0.15) is 0 Å². The van der Waals surface area contributed by atoms with Gasteiger partial charge in [0.05, 0.1) is 11.1 Å². The number of rotatable bonds is 2. The summed E-state index contributed by atoms with van der Waals surface area (Å²) in [6.07, 6.45) is 0. The summed E-state index contributed by atoms with van der Waals surface area (Å²) in [5, 5.41) is 20.4. The number of halogens is 5. The molecule has 38 heavy (non-hydrogen) atoms. The summed E-state index contributed by atoms with van der Waals surface area (Å²) in [4.78, 5) is 26.5. The molecule has 0 amide bonds. The van der Waals surface area contributed by atoms with Crippen LogP contribution < -0.4 is 4.74 Å². The molecule has 6 nitrogen and oxygen atoms in total. The van der Waals surface area contributed by atoms with Gasteiger partial charge in [-0.05, 0) is 24.3 Å². The minimum atomic E-state index is -2.46. The molecule has 2 heterocycles. The number of phenols is 2. The third kappa shape index (κ3) is 2.92. The van der Waals surface area contributed by atoms with Crippen LogP contribution in [0.5, 0.6) is 23.0 Å². The van der Waals surface area contributed by atoms with Crippen LogP contribution in [-0.4, -0.2) is 22.0 Å². The molecule has 0 aromatic heterocycles.